The Hall–Kier alpha value is -3.75. The highest BCUT2D eigenvalue weighted by atomic mass is 35.5. The van der Waals surface area contributed by atoms with Gasteiger partial charge in [0.25, 0.3) is 11.6 Å². The lowest BCUT2D eigenvalue weighted by atomic mass is 9.90. The van der Waals surface area contributed by atoms with Gasteiger partial charge in [0.1, 0.15) is 5.92 Å². The molecular weight excluding hydrogens is 458 g/mol. The topological polar surface area (TPSA) is 93.0 Å². The van der Waals surface area contributed by atoms with Gasteiger partial charge in [0.2, 0.25) is 5.91 Å². The van der Waals surface area contributed by atoms with Crippen LogP contribution in [-0.4, -0.2) is 22.8 Å². The molecule has 5 rings (SSSR count). The van der Waals surface area contributed by atoms with Gasteiger partial charge in [0, 0.05) is 22.7 Å². The van der Waals surface area contributed by atoms with Gasteiger partial charge >= 0.3 is 0 Å². The molecule has 2 amide bonds. The summed E-state index contributed by atoms with van der Waals surface area (Å²) < 4.78 is 0. The second-order valence-corrected chi connectivity index (χ2v) is 8.83. The number of aryl methyl sites for hydroxylation is 2. The van der Waals surface area contributed by atoms with Crippen LogP contribution in [0.3, 0.4) is 0 Å². The lowest BCUT2D eigenvalue weighted by Gasteiger charge is -2.29. The van der Waals surface area contributed by atoms with E-state index in [9.17, 15) is 19.7 Å². The van der Waals surface area contributed by atoms with Gasteiger partial charge in [0.05, 0.1) is 22.3 Å². The number of carbonyl (C=O) groups excluding carboxylic acids is 2. The number of hydrogen-bond donors (Lipinski definition) is 0. The molecular formula is C25H20ClN3O5. The van der Waals surface area contributed by atoms with E-state index in [0.29, 0.717) is 16.9 Å². The molecule has 3 aromatic rings. The highest BCUT2D eigenvalue weighted by Crippen LogP contribution is 2.49. The number of non-ortho nitro benzene ring substituents is 1. The number of carbonyl (C=O) groups is 2. The molecule has 2 saturated heterocycles. The van der Waals surface area contributed by atoms with Crippen molar-refractivity contribution in [1.29, 1.82) is 0 Å². The average molecular weight is 478 g/mol. The van der Waals surface area contributed by atoms with E-state index in [2.05, 4.69) is 0 Å². The Labute approximate surface area is 200 Å². The summed E-state index contributed by atoms with van der Waals surface area (Å²) in [5.74, 6) is -1.85. The Morgan fingerprint density at radius 3 is 2.38 bits per heavy atom. The number of anilines is 2. The predicted octanol–water partition coefficient (Wildman–Crippen LogP) is 4.92. The molecule has 0 aromatic heterocycles. The van der Waals surface area contributed by atoms with Gasteiger partial charge in [-0.05, 0) is 43.7 Å². The number of halogens is 1. The number of hydrogen-bond acceptors (Lipinski definition) is 6. The molecule has 3 aromatic carbocycles. The van der Waals surface area contributed by atoms with Gasteiger partial charge < -0.3 is 0 Å². The van der Waals surface area contributed by atoms with Crippen molar-refractivity contribution in [1.82, 2.24) is 0 Å². The fraction of sp³-hybridized carbons (Fsp3) is 0.200. The number of nitro benzene ring substituents is 1. The van der Waals surface area contributed by atoms with Crippen LogP contribution in [0.4, 0.5) is 17.1 Å². The van der Waals surface area contributed by atoms with Crippen molar-refractivity contribution < 1.29 is 19.3 Å². The van der Waals surface area contributed by atoms with E-state index in [0.717, 1.165) is 16.0 Å². The summed E-state index contributed by atoms with van der Waals surface area (Å²) in [5, 5.41) is 13.2. The standard InChI is InChI=1S/C25H20ClN3O5/c1-14-8-11-20(15(2)12-14)27-24(30)21-22(18-13-17(29(32)33)9-10-19(18)26)28(34-23(21)25(27)31)16-6-4-3-5-7-16/h3-13,21-23H,1-2H3/t21-,22-,23-/m1/s1. The minimum absolute atomic E-state index is 0.168. The normalized spacial score (nSPS) is 21.8. The molecule has 3 atom stereocenters. The maximum absolute atomic E-state index is 13.7. The van der Waals surface area contributed by atoms with Gasteiger partial charge in [-0.1, -0.05) is 47.5 Å². The van der Waals surface area contributed by atoms with Gasteiger partial charge in [-0.2, -0.15) is 0 Å². The van der Waals surface area contributed by atoms with Crippen LogP contribution in [0.5, 0.6) is 0 Å². The highest BCUT2D eigenvalue weighted by Gasteiger charge is 2.60. The van der Waals surface area contributed by atoms with Gasteiger partial charge in [0.15, 0.2) is 6.10 Å². The smallest absolute Gasteiger partial charge is 0.269 e. The number of hydroxylamine groups is 1. The van der Waals surface area contributed by atoms with Crippen molar-refractivity contribution >= 4 is 40.5 Å². The fourth-order valence-corrected chi connectivity index (χ4v) is 4.92. The van der Waals surface area contributed by atoms with Crippen LogP contribution in [0.1, 0.15) is 22.7 Å². The second-order valence-electron chi connectivity index (χ2n) is 8.42. The summed E-state index contributed by atoms with van der Waals surface area (Å²) in [4.78, 5) is 45.4. The largest absolute Gasteiger partial charge is 0.273 e. The number of nitrogens with zero attached hydrogens (tertiary/aromatic N) is 3. The third-order valence-corrected chi connectivity index (χ3v) is 6.57. The van der Waals surface area contributed by atoms with Crippen molar-refractivity contribution in [3.63, 3.8) is 0 Å². The van der Waals surface area contributed by atoms with Gasteiger partial charge in [-0.15, -0.1) is 0 Å². The molecule has 34 heavy (non-hydrogen) atoms. The Morgan fingerprint density at radius 1 is 0.971 bits per heavy atom. The fourth-order valence-electron chi connectivity index (χ4n) is 4.69. The Morgan fingerprint density at radius 2 is 1.71 bits per heavy atom. The molecule has 2 aliphatic heterocycles. The third-order valence-electron chi connectivity index (χ3n) is 6.23. The number of para-hydroxylation sites is 1. The Balaban J connectivity index is 1.64. The second kappa shape index (κ2) is 8.23. The minimum atomic E-state index is -1.09. The first-order valence-corrected chi connectivity index (χ1v) is 11.1. The van der Waals surface area contributed by atoms with Crippen LogP contribution in [-0.2, 0) is 14.4 Å². The summed E-state index contributed by atoms with van der Waals surface area (Å²) in [5.41, 5.74) is 3.06. The van der Waals surface area contributed by atoms with Crippen molar-refractivity contribution in [2.24, 2.45) is 5.92 Å². The first kappa shape index (κ1) is 22.1. The van der Waals surface area contributed by atoms with E-state index in [-0.39, 0.29) is 10.7 Å². The lowest BCUT2D eigenvalue weighted by molar-refractivity contribution is -0.384. The summed E-state index contributed by atoms with van der Waals surface area (Å²) in [6, 6.07) is 17.7. The SMILES string of the molecule is Cc1ccc(N2C(=O)[C@@H]3[C@@H](c4cc([N+](=O)[O-])ccc4Cl)N(c4ccccc4)O[C@H]3C2=O)c(C)c1. The summed E-state index contributed by atoms with van der Waals surface area (Å²) in [6.07, 6.45) is -1.09. The van der Waals surface area contributed by atoms with E-state index in [1.54, 1.807) is 30.3 Å². The molecule has 0 N–H and O–H groups in total. The first-order valence-electron chi connectivity index (χ1n) is 10.7. The van der Waals surface area contributed by atoms with Crippen LogP contribution in [0.2, 0.25) is 5.02 Å². The molecule has 2 fully saturated rings. The molecule has 0 spiro atoms. The molecule has 8 nitrogen and oxygen atoms in total. The summed E-state index contributed by atoms with van der Waals surface area (Å²) >= 11 is 6.49. The number of fused-ring (bicyclic) bond motifs is 1. The zero-order valence-electron chi connectivity index (χ0n) is 18.3. The minimum Gasteiger partial charge on any atom is -0.273 e. The molecule has 0 saturated carbocycles. The number of benzene rings is 3. The highest BCUT2D eigenvalue weighted by molar-refractivity contribution is 6.31. The zero-order chi connectivity index (χ0) is 24.1. The molecule has 172 valence electrons. The van der Waals surface area contributed by atoms with E-state index in [4.69, 9.17) is 16.4 Å². The number of nitro groups is 1. The molecule has 0 radical (unpaired) electrons. The Bertz CT molecular complexity index is 1330. The summed E-state index contributed by atoms with van der Waals surface area (Å²) in [6.45, 7) is 3.77. The van der Waals surface area contributed by atoms with Crippen molar-refractivity contribution in [3.8, 4) is 0 Å². The van der Waals surface area contributed by atoms with Crippen LogP contribution in [0.25, 0.3) is 0 Å². The number of amides is 2. The molecule has 2 heterocycles. The van der Waals surface area contributed by atoms with E-state index in [1.807, 2.05) is 32.0 Å². The molecule has 0 bridgehead atoms. The number of rotatable bonds is 4. The molecule has 2 aliphatic rings. The van der Waals surface area contributed by atoms with Crippen LogP contribution >= 0.6 is 11.6 Å². The zero-order valence-corrected chi connectivity index (χ0v) is 19.1. The van der Waals surface area contributed by atoms with Crippen molar-refractivity contribution in [2.45, 2.75) is 26.0 Å². The van der Waals surface area contributed by atoms with Crippen LogP contribution in [0.15, 0.2) is 66.7 Å². The summed E-state index contributed by atoms with van der Waals surface area (Å²) in [7, 11) is 0. The van der Waals surface area contributed by atoms with Crippen LogP contribution in [0, 0.1) is 29.9 Å². The monoisotopic (exact) mass is 477 g/mol. The molecule has 9 heteroatoms. The lowest BCUT2D eigenvalue weighted by Crippen LogP contribution is -2.37. The third kappa shape index (κ3) is 3.43. The quantitative estimate of drug-likeness (QED) is 0.301. The average Bonchev–Trinajstić information content (AvgIpc) is 3.31. The maximum Gasteiger partial charge on any atom is 0.269 e. The Kier molecular flexibility index (Phi) is 5.34. The number of imide groups is 1. The van der Waals surface area contributed by atoms with Crippen molar-refractivity contribution in [2.75, 3.05) is 9.96 Å². The van der Waals surface area contributed by atoms with E-state index in [1.165, 1.54) is 23.3 Å². The van der Waals surface area contributed by atoms with E-state index >= 15 is 0 Å². The van der Waals surface area contributed by atoms with Crippen molar-refractivity contribution in [3.05, 3.63) is 98.6 Å². The van der Waals surface area contributed by atoms with E-state index < -0.39 is 34.8 Å². The first-order chi connectivity index (χ1) is 16.3. The molecule has 0 unspecified atom stereocenters. The van der Waals surface area contributed by atoms with Gasteiger partial charge in [-0.3, -0.25) is 24.5 Å². The molecule has 0 aliphatic carbocycles. The van der Waals surface area contributed by atoms with Crippen LogP contribution < -0.4 is 9.96 Å². The maximum atomic E-state index is 13.7. The van der Waals surface area contributed by atoms with Gasteiger partial charge in [-0.25, -0.2) is 9.96 Å². The predicted molar refractivity (Wildman–Crippen MR) is 127 cm³/mol.